The third kappa shape index (κ3) is 3.85. The number of amides is 2. The minimum atomic E-state index is -0.409. The number of fused-ring (bicyclic) bond motifs is 2. The highest BCUT2D eigenvalue weighted by Crippen LogP contribution is 2.52. The Morgan fingerprint density at radius 2 is 2.08 bits per heavy atom. The maximum Gasteiger partial charge on any atom is 0.407 e. The molecule has 0 aromatic carbocycles. The van der Waals surface area contributed by atoms with Crippen molar-refractivity contribution in [2.75, 3.05) is 13.2 Å². The lowest BCUT2D eigenvalue weighted by Crippen LogP contribution is -2.27. The van der Waals surface area contributed by atoms with Gasteiger partial charge in [-0.1, -0.05) is 5.21 Å². The molecule has 132 valence electrons. The first-order valence-corrected chi connectivity index (χ1v) is 8.62. The number of primary amides is 1. The Kier molecular flexibility index (Phi) is 5.01. The molecule has 3 atom stereocenters. The molecule has 1 aromatic rings. The van der Waals surface area contributed by atoms with E-state index in [9.17, 15) is 9.59 Å². The van der Waals surface area contributed by atoms with Crippen LogP contribution in [0.1, 0.15) is 37.1 Å². The van der Waals surface area contributed by atoms with Gasteiger partial charge < -0.3 is 15.8 Å². The van der Waals surface area contributed by atoms with Crippen molar-refractivity contribution in [3.63, 3.8) is 0 Å². The smallest absolute Gasteiger partial charge is 0.407 e. The van der Waals surface area contributed by atoms with E-state index in [0.717, 1.165) is 31.4 Å². The predicted molar refractivity (Wildman–Crippen MR) is 85.9 cm³/mol. The van der Waals surface area contributed by atoms with Crippen LogP contribution in [-0.2, 0) is 29.4 Å². The number of carbonyl (C=O) groups excluding carboxylic acids is 2. The first-order valence-electron chi connectivity index (χ1n) is 8.62. The number of aryl methyl sites for hydroxylation is 2. The van der Waals surface area contributed by atoms with Crippen LogP contribution < -0.4 is 11.1 Å². The first-order chi connectivity index (χ1) is 11.6. The Hall–Kier alpha value is -2.12. The largest absolute Gasteiger partial charge is 0.449 e. The average Bonchev–Trinajstić information content (AvgIpc) is 3.06. The summed E-state index contributed by atoms with van der Waals surface area (Å²) in [6.07, 6.45) is 4.55. The number of nitrogens with two attached hydrogens (primary N) is 1. The number of alkyl carbamates (subject to hydrolysis) is 1. The van der Waals surface area contributed by atoms with Gasteiger partial charge in [0.1, 0.15) is 0 Å². The molecule has 2 aliphatic rings. The monoisotopic (exact) mass is 335 g/mol. The lowest BCUT2D eigenvalue weighted by Gasteiger charge is -2.07. The van der Waals surface area contributed by atoms with Crippen LogP contribution >= 0.6 is 0 Å². The van der Waals surface area contributed by atoms with Crippen molar-refractivity contribution in [1.82, 2.24) is 20.3 Å². The average molecular weight is 335 g/mol. The van der Waals surface area contributed by atoms with Gasteiger partial charge in [-0.3, -0.25) is 9.48 Å². The van der Waals surface area contributed by atoms with Gasteiger partial charge in [0, 0.05) is 20.0 Å². The minimum absolute atomic E-state index is 0.274. The number of rotatable bonds is 6. The van der Waals surface area contributed by atoms with E-state index in [0.29, 0.717) is 37.3 Å². The third-order valence-corrected chi connectivity index (χ3v) is 5.24. The van der Waals surface area contributed by atoms with Gasteiger partial charge >= 0.3 is 6.09 Å². The molecule has 24 heavy (non-hydrogen) atoms. The summed E-state index contributed by atoms with van der Waals surface area (Å²) >= 11 is 0. The minimum Gasteiger partial charge on any atom is -0.449 e. The fourth-order valence-corrected chi connectivity index (χ4v) is 3.83. The zero-order chi connectivity index (χ0) is 17.1. The Morgan fingerprint density at radius 1 is 1.33 bits per heavy atom. The quantitative estimate of drug-likeness (QED) is 0.737. The molecule has 1 aromatic heterocycles. The standard InChI is InChI=1S/C16H25N5O3/c1-21-14-7-5-11-10(4-6-13(14)19-20-21)12(11)9-24-16(23)18-8-2-3-15(17)22/h10-12H,2-9H2,1H3,(H2,17,22)(H,18,23)/t10-,11+,12?/m1/s1. The van der Waals surface area contributed by atoms with Crippen molar-refractivity contribution in [3.05, 3.63) is 11.4 Å². The molecular formula is C16H25N5O3. The molecule has 0 aliphatic heterocycles. The Labute approximate surface area is 141 Å². The van der Waals surface area contributed by atoms with Crippen molar-refractivity contribution in [2.45, 2.75) is 38.5 Å². The van der Waals surface area contributed by atoms with Crippen LogP contribution in [0.2, 0.25) is 0 Å². The topological polar surface area (TPSA) is 112 Å². The van der Waals surface area contributed by atoms with Gasteiger partial charge in [0.15, 0.2) is 0 Å². The van der Waals surface area contributed by atoms with Crippen LogP contribution in [-0.4, -0.2) is 40.1 Å². The zero-order valence-electron chi connectivity index (χ0n) is 14.0. The summed E-state index contributed by atoms with van der Waals surface area (Å²) in [5, 5.41) is 11.0. The number of nitrogens with one attached hydrogen (secondary N) is 1. The molecule has 1 unspecified atom stereocenters. The van der Waals surface area contributed by atoms with E-state index in [1.54, 1.807) is 0 Å². The van der Waals surface area contributed by atoms with Crippen LogP contribution in [0.25, 0.3) is 0 Å². The molecule has 3 rings (SSSR count). The van der Waals surface area contributed by atoms with E-state index in [1.807, 2.05) is 11.7 Å². The summed E-state index contributed by atoms with van der Waals surface area (Å²) in [4.78, 5) is 22.3. The SMILES string of the molecule is Cn1nnc2c1CC[C@@H]1C(COC(=O)NCCCC(N)=O)[C@@H]1CC2. The highest BCUT2D eigenvalue weighted by atomic mass is 16.5. The Bertz CT molecular complexity index is 615. The van der Waals surface area contributed by atoms with E-state index in [-0.39, 0.29) is 12.3 Å². The van der Waals surface area contributed by atoms with E-state index >= 15 is 0 Å². The Balaban J connectivity index is 1.38. The van der Waals surface area contributed by atoms with Gasteiger partial charge in [-0.05, 0) is 49.9 Å². The number of aromatic nitrogens is 3. The maximum atomic E-state index is 11.7. The Morgan fingerprint density at radius 3 is 2.83 bits per heavy atom. The summed E-state index contributed by atoms with van der Waals surface area (Å²) in [6, 6.07) is 0. The van der Waals surface area contributed by atoms with Gasteiger partial charge in [0.25, 0.3) is 0 Å². The molecule has 0 radical (unpaired) electrons. The molecule has 2 amide bonds. The molecule has 3 N–H and O–H groups in total. The van der Waals surface area contributed by atoms with Gasteiger partial charge in [-0.2, -0.15) is 0 Å². The van der Waals surface area contributed by atoms with Gasteiger partial charge in [0.2, 0.25) is 5.91 Å². The summed E-state index contributed by atoms with van der Waals surface area (Å²) in [5.41, 5.74) is 7.41. The second-order valence-electron chi connectivity index (χ2n) is 6.77. The van der Waals surface area contributed by atoms with E-state index < -0.39 is 6.09 Å². The maximum absolute atomic E-state index is 11.7. The number of hydrogen-bond donors (Lipinski definition) is 2. The van der Waals surface area contributed by atoms with E-state index in [2.05, 4.69) is 15.6 Å². The van der Waals surface area contributed by atoms with Crippen LogP contribution in [0.3, 0.4) is 0 Å². The second-order valence-corrected chi connectivity index (χ2v) is 6.77. The second kappa shape index (κ2) is 7.19. The van der Waals surface area contributed by atoms with E-state index in [4.69, 9.17) is 10.5 Å². The van der Waals surface area contributed by atoms with Crippen molar-refractivity contribution < 1.29 is 14.3 Å². The predicted octanol–water partition coefficient (Wildman–Crippen LogP) is 0.548. The van der Waals surface area contributed by atoms with Crippen LogP contribution in [0.15, 0.2) is 0 Å². The lowest BCUT2D eigenvalue weighted by molar-refractivity contribution is -0.118. The fraction of sp³-hybridized carbons (Fsp3) is 0.750. The van der Waals surface area contributed by atoms with Crippen LogP contribution in [0.5, 0.6) is 0 Å². The summed E-state index contributed by atoms with van der Waals surface area (Å²) < 4.78 is 7.21. The molecule has 2 aliphatic carbocycles. The van der Waals surface area contributed by atoms with Crippen molar-refractivity contribution in [2.24, 2.45) is 30.5 Å². The molecular weight excluding hydrogens is 310 g/mol. The van der Waals surface area contributed by atoms with Crippen LogP contribution in [0, 0.1) is 17.8 Å². The van der Waals surface area contributed by atoms with Crippen LogP contribution in [0.4, 0.5) is 4.79 Å². The summed E-state index contributed by atoms with van der Waals surface area (Å²) in [5.74, 6) is 1.37. The van der Waals surface area contributed by atoms with Crippen molar-refractivity contribution >= 4 is 12.0 Å². The molecule has 0 saturated heterocycles. The number of hydrogen-bond acceptors (Lipinski definition) is 5. The number of ether oxygens (including phenoxy) is 1. The number of carbonyl (C=O) groups is 2. The molecule has 8 heteroatoms. The highest BCUT2D eigenvalue weighted by Gasteiger charge is 2.50. The van der Waals surface area contributed by atoms with Gasteiger partial charge in [0.05, 0.1) is 18.0 Å². The van der Waals surface area contributed by atoms with Crippen molar-refractivity contribution in [3.8, 4) is 0 Å². The lowest BCUT2D eigenvalue weighted by atomic mass is 10.0. The molecule has 0 bridgehead atoms. The normalized spacial score (nSPS) is 25.0. The molecule has 0 spiro atoms. The summed E-state index contributed by atoms with van der Waals surface area (Å²) in [7, 11) is 1.95. The third-order valence-electron chi connectivity index (χ3n) is 5.24. The van der Waals surface area contributed by atoms with Gasteiger partial charge in [-0.15, -0.1) is 5.10 Å². The van der Waals surface area contributed by atoms with Crippen molar-refractivity contribution in [1.29, 1.82) is 0 Å². The van der Waals surface area contributed by atoms with Gasteiger partial charge in [-0.25, -0.2) is 4.79 Å². The molecule has 1 heterocycles. The summed E-state index contributed by atoms with van der Waals surface area (Å²) in [6.45, 7) is 0.881. The fourth-order valence-electron chi connectivity index (χ4n) is 3.83. The molecule has 1 fully saturated rings. The van der Waals surface area contributed by atoms with E-state index in [1.165, 1.54) is 5.69 Å². The first kappa shape index (κ1) is 16.7. The molecule has 8 nitrogen and oxygen atoms in total. The number of nitrogens with zero attached hydrogens (tertiary/aromatic N) is 3. The zero-order valence-corrected chi connectivity index (χ0v) is 14.0. The molecule has 1 saturated carbocycles. The highest BCUT2D eigenvalue weighted by molar-refractivity contribution is 5.73.